The summed E-state index contributed by atoms with van der Waals surface area (Å²) in [5.74, 6) is -0.428. The van der Waals surface area contributed by atoms with Crippen LogP contribution < -0.4 is 5.32 Å². The van der Waals surface area contributed by atoms with E-state index in [0.29, 0.717) is 17.0 Å². The summed E-state index contributed by atoms with van der Waals surface area (Å²) < 4.78 is 5.36. The Hall–Kier alpha value is -3.00. The van der Waals surface area contributed by atoms with Crippen LogP contribution in [0.25, 0.3) is 11.5 Å². The molecule has 3 aromatic rings. The zero-order valence-electron chi connectivity index (χ0n) is 15.1. The fourth-order valence-corrected chi connectivity index (χ4v) is 3.14. The smallest absolute Gasteiger partial charge is 0.345 e. The monoisotopic (exact) mass is 385 g/mol. The number of nitrogens with one attached hydrogen (secondary N) is 1. The summed E-state index contributed by atoms with van der Waals surface area (Å²) in [6.07, 6.45) is 0. The van der Waals surface area contributed by atoms with Gasteiger partial charge >= 0.3 is 5.97 Å². The highest BCUT2D eigenvalue weighted by molar-refractivity contribution is 7.13. The van der Waals surface area contributed by atoms with Crippen molar-refractivity contribution in [2.75, 3.05) is 0 Å². The number of hydrogen-bond donors (Lipinski definition) is 2. The molecule has 140 valence electrons. The van der Waals surface area contributed by atoms with E-state index < -0.39 is 5.97 Å². The number of aromatic nitrogens is 2. The SMILES string of the molecule is CC(C)(C)c1noc(-c2ccccc2C(=O)NCc2ccc(C(=O)O)s2)n1. The van der Waals surface area contributed by atoms with Crippen LogP contribution in [0.3, 0.4) is 0 Å². The van der Waals surface area contributed by atoms with Gasteiger partial charge in [-0.25, -0.2) is 4.79 Å². The number of amides is 1. The van der Waals surface area contributed by atoms with E-state index in [-0.39, 0.29) is 28.6 Å². The predicted molar refractivity (Wildman–Crippen MR) is 101 cm³/mol. The lowest BCUT2D eigenvalue weighted by molar-refractivity contribution is 0.0702. The molecule has 0 fully saturated rings. The average Bonchev–Trinajstić information content (AvgIpc) is 3.29. The third-order valence-corrected chi connectivity index (χ3v) is 4.87. The van der Waals surface area contributed by atoms with E-state index in [1.165, 1.54) is 6.07 Å². The number of aromatic carboxylic acids is 1. The van der Waals surface area contributed by atoms with E-state index in [1.807, 2.05) is 20.8 Å². The van der Waals surface area contributed by atoms with E-state index in [4.69, 9.17) is 9.63 Å². The highest BCUT2D eigenvalue weighted by Gasteiger charge is 2.23. The van der Waals surface area contributed by atoms with Crippen molar-refractivity contribution < 1.29 is 19.2 Å². The molecule has 0 aliphatic rings. The van der Waals surface area contributed by atoms with Gasteiger partial charge in [-0.3, -0.25) is 4.79 Å². The molecule has 27 heavy (non-hydrogen) atoms. The van der Waals surface area contributed by atoms with Gasteiger partial charge in [-0.15, -0.1) is 11.3 Å². The number of nitrogens with zero attached hydrogens (tertiary/aromatic N) is 2. The van der Waals surface area contributed by atoms with Crippen LogP contribution in [0.1, 0.15) is 51.5 Å². The first kappa shape index (κ1) is 18.8. The molecular formula is C19H19N3O4S. The van der Waals surface area contributed by atoms with Crippen molar-refractivity contribution in [2.24, 2.45) is 0 Å². The van der Waals surface area contributed by atoms with Crippen molar-refractivity contribution in [1.82, 2.24) is 15.5 Å². The second-order valence-electron chi connectivity index (χ2n) is 6.97. The predicted octanol–water partition coefficient (Wildman–Crippen LogP) is 3.72. The summed E-state index contributed by atoms with van der Waals surface area (Å²) in [4.78, 5) is 29.0. The standard InChI is InChI=1S/C19H19N3O4S/c1-19(2,3)18-21-16(26-22-18)13-7-5-4-6-12(13)15(23)20-10-11-8-9-14(27-11)17(24)25/h4-9H,10H2,1-3H3,(H,20,23)(H,24,25). The zero-order chi connectivity index (χ0) is 19.6. The molecule has 8 heteroatoms. The first-order valence-corrected chi connectivity index (χ1v) is 9.11. The van der Waals surface area contributed by atoms with E-state index >= 15 is 0 Å². The van der Waals surface area contributed by atoms with Crippen LogP contribution in [-0.2, 0) is 12.0 Å². The van der Waals surface area contributed by atoms with Gasteiger partial charge in [0.2, 0.25) is 0 Å². The second-order valence-corrected chi connectivity index (χ2v) is 8.14. The van der Waals surface area contributed by atoms with Crippen molar-refractivity contribution >= 4 is 23.2 Å². The van der Waals surface area contributed by atoms with Gasteiger partial charge in [0, 0.05) is 10.3 Å². The van der Waals surface area contributed by atoms with Crippen LogP contribution in [0, 0.1) is 0 Å². The normalized spacial score (nSPS) is 11.4. The van der Waals surface area contributed by atoms with Crippen LogP contribution in [0.5, 0.6) is 0 Å². The van der Waals surface area contributed by atoms with Gasteiger partial charge in [0.15, 0.2) is 5.82 Å². The van der Waals surface area contributed by atoms with E-state index in [2.05, 4.69) is 15.5 Å². The molecule has 0 bridgehead atoms. The van der Waals surface area contributed by atoms with E-state index in [0.717, 1.165) is 16.2 Å². The van der Waals surface area contributed by atoms with Gasteiger partial charge in [-0.05, 0) is 24.3 Å². The Kier molecular flexibility index (Phi) is 5.09. The number of rotatable bonds is 5. The quantitative estimate of drug-likeness (QED) is 0.693. The molecular weight excluding hydrogens is 366 g/mol. The summed E-state index contributed by atoms with van der Waals surface area (Å²) in [6, 6.07) is 10.2. The lowest BCUT2D eigenvalue weighted by Gasteiger charge is -2.11. The zero-order valence-corrected chi connectivity index (χ0v) is 16.0. The molecule has 0 saturated carbocycles. The molecule has 0 radical (unpaired) electrons. The molecule has 2 aromatic heterocycles. The minimum absolute atomic E-state index is 0.236. The summed E-state index contributed by atoms with van der Waals surface area (Å²) in [5.41, 5.74) is 0.701. The number of hydrogen-bond acceptors (Lipinski definition) is 6. The fraction of sp³-hybridized carbons (Fsp3) is 0.263. The maximum Gasteiger partial charge on any atom is 0.345 e. The van der Waals surface area contributed by atoms with Crippen LogP contribution in [0.2, 0.25) is 0 Å². The minimum atomic E-state index is -0.978. The molecule has 0 saturated heterocycles. The van der Waals surface area contributed by atoms with Crippen molar-refractivity contribution in [1.29, 1.82) is 0 Å². The minimum Gasteiger partial charge on any atom is -0.477 e. The molecule has 7 nitrogen and oxygen atoms in total. The Labute approximate surface area is 160 Å². The molecule has 0 aliphatic carbocycles. The third-order valence-electron chi connectivity index (χ3n) is 3.79. The van der Waals surface area contributed by atoms with Gasteiger partial charge < -0.3 is 14.9 Å². The van der Waals surface area contributed by atoms with Crippen LogP contribution >= 0.6 is 11.3 Å². The number of carbonyl (C=O) groups excluding carboxylic acids is 1. The molecule has 0 aliphatic heterocycles. The highest BCUT2D eigenvalue weighted by Crippen LogP contribution is 2.26. The number of carbonyl (C=O) groups is 2. The van der Waals surface area contributed by atoms with Gasteiger partial charge in [-0.1, -0.05) is 38.1 Å². The van der Waals surface area contributed by atoms with Crippen LogP contribution in [-0.4, -0.2) is 27.1 Å². The van der Waals surface area contributed by atoms with Gasteiger partial charge in [0.05, 0.1) is 17.7 Å². The largest absolute Gasteiger partial charge is 0.477 e. The second kappa shape index (κ2) is 7.32. The van der Waals surface area contributed by atoms with Crippen LogP contribution in [0.15, 0.2) is 40.9 Å². The number of benzene rings is 1. The van der Waals surface area contributed by atoms with Crippen molar-refractivity contribution in [3.05, 3.63) is 57.5 Å². The van der Waals surface area contributed by atoms with Crippen molar-refractivity contribution in [3.8, 4) is 11.5 Å². The average molecular weight is 385 g/mol. The Bertz CT molecular complexity index is 985. The topological polar surface area (TPSA) is 105 Å². The molecule has 1 aromatic carbocycles. The molecule has 3 rings (SSSR count). The Balaban J connectivity index is 1.79. The van der Waals surface area contributed by atoms with Crippen LogP contribution in [0.4, 0.5) is 0 Å². The summed E-state index contributed by atoms with van der Waals surface area (Å²) in [5, 5.41) is 15.8. The van der Waals surface area contributed by atoms with Crippen molar-refractivity contribution in [2.45, 2.75) is 32.7 Å². The summed E-state index contributed by atoms with van der Waals surface area (Å²) >= 11 is 1.13. The first-order chi connectivity index (χ1) is 12.8. The summed E-state index contributed by atoms with van der Waals surface area (Å²) in [6.45, 7) is 6.17. The number of carboxylic acids is 1. The molecule has 0 spiro atoms. The Morgan fingerprint density at radius 2 is 1.93 bits per heavy atom. The lowest BCUT2D eigenvalue weighted by Crippen LogP contribution is -2.23. The number of carboxylic acid groups (broad SMARTS) is 1. The van der Waals surface area contributed by atoms with E-state index in [1.54, 1.807) is 30.3 Å². The van der Waals surface area contributed by atoms with Gasteiger partial charge in [0.25, 0.3) is 11.8 Å². The summed E-state index contributed by atoms with van der Waals surface area (Å²) in [7, 11) is 0. The molecule has 1 amide bonds. The van der Waals surface area contributed by atoms with Gasteiger partial charge in [-0.2, -0.15) is 4.98 Å². The number of thiophene rings is 1. The third kappa shape index (κ3) is 4.22. The highest BCUT2D eigenvalue weighted by atomic mass is 32.1. The van der Waals surface area contributed by atoms with E-state index in [9.17, 15) is 9.59 Å². The molecule has 0 atom stereocenters. The fourth-order valence-electron chi connectivity index (χ4n) is 2.36. The maximum atomic E-state index is 12.6. The Morgan fingerprint density at radius 3 is 2.56 bits per heavy atom. The van der Waals surface area contributed by atoms with Gasteiger partial charge in [0.1, 0.15) is 4.88 Å². The van der Waals surface area contributed by atoms with Crippen molar-refractivity contribution in [3.63, 3.8) is 0 Å². The molecule has 2 N–H and O–H groups in total. The molecule has 2 heterocycles. The maximum absolute atomic E-state index is 12.6. The lowest BCUT2D eigenvalue weighted by atomic mass is 9.96. The Morgan fingerprint density at radius 1 is 1.19 bits per heavy atom. The first-order valence-electron chi connectivity index (χ1n) is 8.29. The molecule has 0 unspecified atom stereocenters.